The Morgan fingerprint density at radius 3 is 2.50 bits per heavy atom. The van der Waals surface area contributed by atoms with Gasteiger partial charge in [-0.05, 0) is 47.2 Å². The summed E-state index contributed by atoms with van der Waals surface area (Å²) in [6.07, 6.45) is 0.493. The number of amides is 1. The van der Waals surface area contributed by atoms with Crippen molar-refractivity contribution in [2.75, 3.05) is 40.3 Å². The molecule has 0 aromatic rings. The third kappa shape index (κ3) is 6.10. The monoisotopic (exact) mass is 314 g/mol. The van der Waals surface area contributed by atoms with Crippen molar-refractivity contribution in [2.24, 2.45) is 11.7 Å². The minimum Gasteiger partial charge on any atom is -0.444 e. The van der Waals surface area contributed by atoms with E-state index in [1.807, 2.05) is 20.8 Å². The van der Waals surface area contributed by atoms with Crippen LogP contribution in [0.1, 0.15) is 34.1 Å². The molecular weight excluding hydrogens is 280 g/mol. The molecule has 22 heavy (non-hydrogen) atoms. The lowest BCUT2D eigenvalue weighted by Gasteiger charge is -2.28. The fourth-order valence-electron chi connectivity index (χ4n) is 3.06. The largest absolute Gasteiger partial charge is 0.444 e. The lowest BCUT2D eigenvalue weighted by atomic mass is 10.1. The van der Waals surface area contributed by atoms with E-state index in [1.54, 1.807) is 0 Å². The van der Waals surface area contributed by atoms with E-state index >= 15 is 0 Å². The van der Waals surface area contributed by atoms with Crippen molar-refractivity contribution in [1.82, 2.24) is 15.1 Å². The van der Waals surface area contributed by atoms with E-state index < -0.39 is 5.60 Å². The van der Waals surface area contributed by atoms with Crippen molar-refractivity contribution in [2.45, 2.75) is 51.8 Å². The third-order valence-corrected chi connectivity index (χ3v) is 4.20. The van der Waals surface area contributed by atoms with Crippen molar-refractivity contribution >= 4 is 6.09 Å². The van der Waals surface area contributed by atoms with Gasteiger partial charge in [-0.25, -0.2) is 4.79 Å². The van der Waals surface area contributed by atoms with Crippen molar-refractivity contribution in [3.05, 3.63) is 0 Å². The molecule has 0 radical (unpaired) electrons. The van der Waals surface area contributed by atoms with Gasteiger partial charge in [0, 0.05) is 38.3 Å². The van der Waals surface area contributed by atoms with Crippen LogP contribution in [0, 0.1) is 5.92 Å². The fraction of sp³-hybridized carbons (Fsp3) is 0.938. The highest BCUT2D eigenvalue weighted by molar-refractivity contribution is 5.67. The zero-order valence-electron chi connectivity index (χ0n) is 15.1. The Labute approximate surface area is 135 Å². The van der Waals surface area contributed by atoms with Gasteiger partial charge in [0.2, 0.25) is 0 Å². The lowest BCUT2D eigenvalue weighted by molar-refractivity contribution is 0.0522. The first-order valence-corrected chi connectivity index (χ1v) is 8.21. The number of nitrogens with two attached hydrogens (primary N) is 1. The molecule has 1 aliphatic rings. The zero-order valence-corrected chi connectivity index (χ0v) is 15.1. The van der Waals surface area contributed by atoms with Crippen molar-refractivity contribution < 1.29 is 9.53 Å². The van der Waals surface area contributed by atoms with E-state index in [-0.39, 0.29) is 6.09 Å². The molecule has 1 saturated heterocycles. The molecule has 0 aromatic heterocycles. The van der Waals surface area contributed by atoms with Gasteiger partial charge in [-0.15, -0.1) is 0 Å². The standard InChI is InChI=1S/C16H34N4O2/c1-12-10-20(11-14(12)19(5)6)13(9-17)7-8-18-15(21)22-16(2,3)4/h12-14H,7-11,17H2,1-6H3,(H,18,21). The first-order chi connectivity index (χ1) is 10.1. The molecule has 1 fully saturated rings. The molecule has 3 N–H and O–H groups in total. The van der Waals surface area contributed by atoms with Crippen LogP contribution in [-0.4, -0.2) is 73.9 Å². The Hall–Kier alpha value is -0.850. The number of likely N-dealkylation sites (N-methyl/N-ethyl adjacent to an activating group) is 1. The number of ether oxygens (including phenoxy) is 1. The van der Waals surface area contributed by atoms with Gasteiger partial charge in [0.1, 0.15) is 5.60 Å². The summed E-state index contributed by atoms with van der Waals surface area (Å²) in [6.45, 7) is 11.2. The second-order valence-corrected chi connectivity index (χ2v) is 7.57. The Morgan fingerprint density at radius 1 is 1.41 bits per heavy atom. The van der Waals surface area contributed by atoms with Gasteiger partial charge in [0.05, 0.1) is 0 Å². The quantitative estimate of drug-likeness (QED) is 0.768. The minimum absolute atomic E-state index is 0.308. The third-order valence-electron chi connectivity index (χ3n) is 4.20. The summed E-state index contributed by atoms with van der Waals surface area (Å²) in [5, 5.41) is 2.82. The van der Waals surface area contributed by atoms with E-state index in [9.17, 15) is 4.79 Å². The SMILES string of the molecule is CC1CN(C(CN)CCNC(=O)OC(C)(C)C)CC1N(C)C. The molecule has 0 aromatic carbocycles. The van der Waals surface area contributed by atoms with Crippen LogP contribution >= 0.6 is 0 Å². The van der Waals surface area contributed by atoms with Gasteiger partial charge in [-0.3, -0.25) is 4.90 Å². The van der Waals surface area contributed by atoms with Crippen LogP contribution in [-0.2, 0) is 4.74 Å². The smallest absolute Gasteiger partial charge is 0.407 e. The number of hydrogen-bond acceptors (Lipinski definition) is 5. The predicted octanol–water partition coefficient (Wildman–Crippen LogP) is 1.11. The molecule has 6 nitrogen and oxygen atoms in total. The Balaban J connectivity index is 2.39. The van der Waals surface area contributed by atoms with E-state index in [1.165, 1.54) is 0 Å². The lowest BCUT2D eigenvalue weighted by Crippen LogP contribution is -2.43. The molecule has 3 unspecified atom stereocenters. The van der Waals surface area contributed by atoms with Gasteiger partial charge in [-0.1, -0.05) is 6.92 Å². The highest BCUT2D eigenvalue weighted by Gasteiger charge is 2.34. The number of carbonyl (C=O) groups excluding carboxylic acids is 1. The van der Waals surface area contributed by atoms with E-state index in [2.05, 4.69) is 36.1 Å². The molecule has 0 spiro atoms. The second kappa shape index (κ2) is 8.13. The minimum atomic E-state index is -0.458. The highest BCUT2D eigenvalue weighted by Crippen LogP contribution is 2.22. The second-order valence-electron chi connectivity index (χ2n) is 7.57. The van der Waals surface area contributed by atoms with E-state index in [0.717, 1.165) is 19.5 Å². The first kappa shape index (κ1) is 19.2. The maximum absolute atomic E-state index is 11.7. The first-order valence-electron chi connectivity index (χ1n) is 8.21. The average molecular weight is 314 g/mol. The highest BCUT2D eigenvalue weighted by atomic mass is 16.6. The molecule has 1 rings (SSSR count). The molecule has 6 heteroatoms. The normalized spacial score (nSPS) is 24.5. The van der Waals surface area contributed by atoms with Gasteiger partial charge < -0.3 is 20.7 Å². The number of nitrogens with zero attached hydrogens (tertiary/aromatic N) is 2. The average Bonchev–Trinajstić information content (AvgIpc) is 2.74. The Morgan fingerprint density at radius 2 is 2.05 bits per heavy atom. The van der Waals surface area contributed by atoms with Crippen LogP contribution in [0.3, 0.4) is 0 Å². The van der Waals surface area contributed by atoms with Crippen LogP contribution in [0.25, 0.3) is 0 Å². The molecule has 1 aliphatic heterocycles. The van der Waals surface area contributed by atoms with Crippen LogP contribution in [0.4, 0.5) is 4.79 Å². The molecule has 3 atom stereocenters. The summed E-state index contributed by atoms with van der Waals surface area (Å²) in [5.74, 6) is 0.642. The van der Waals surface area contributed by atoms with Crippen molar-refractivity contribution in [3.8, 4) is 0 Å². The number of nitrogens with one attached hydrogen (secondary N) is 1. The van der Waals surface area contributed by atoms with Gasteiger partial charge in [0.25, 0.3) is 0 Å². The van der Waals surface area contributed by atoms with Gasteiger partial charge >= 0.3 is 6.09 Å². The molecule has 0 saturated carbocycles. The van der Waals surface area contributed by atoms with Crippen molar-refractivity contribution in [1.29, 1.82) is 0 Å². The maximum Gasteiger partial charge on any atom is 0.407 e. The van der Waals surface area contributed by atoms with Gasteiger partial charge in [0.15, 0.2) is 0 Å². The summed E-state index contributed by atoms with van der Waals surface area (Å²) in [4.78, 5) is 16.4. The number of hydrogen-bond donors (Lipinski definition) is 2. The maximum atomic E-state index is 11.7. The fourth-order valence-corrected chi connectivity index (χ4v) is 3.06. The topological polar surface area (TPSA) is 70.8 Å². The zero-order chi connectivity index (χ0) is 16.9. The summed E-state index contributed by atoms with van der Waals surface area (Å²) in [5.41, 5.74) is 5.48. The Kier molecular flexibility index (Phi) is 7.09. The van der Waals surface area contributed by atoms with Crippen molar-refractivity contribution in [3.63, 3.8) is 0 Å². The number of likely N-dealkylation sites (tertiary alicyclic amines) is 1. The molecule has 130 valence electrons. The molecule has 0 bridgehead atoms. The summed E-state index contributed by atoms with van der Waals surface area (Å²) >= 11 is 0. The molecule has 1 heterocycles. The number of carbonyl (C=O) groups is 1. The molecule has 1 amide bonds. The van der Waals surface area contributed by atoms with E-state index in [4.69, 9.17) is 10.5 Å². The Bertz CT molecular complexity index is 355. The van der Waals surface area contributed by atoms with Crippen LogP contribution in [0.5, 0.6) is 0 Å². The predicted molar refractivity (Wildman–Crippen MR) is 89.9 cm³/mol. The van der Waals surface area contributed by atoms with E-state index in [0.29, 0.717) is 31.1 Å². The number of alkyl carbamates (subject to hydrolysis) is 1. The number of rotatable bonds is 6. The summed E-state index contributed by atoms with van der Waals surface area (Å²) in [6, 6.07) is 0.884. The van der Waals surface area contributed by atoms with Crippen LogP contribution in [0.2, 0.25) is 0 Å². The summed E-state index contributed by atoms with van der Waals surface area (Å²) < 4.78 is 5.24. The summed E-state index contributed by atoms with van der Waals surface area (Å²) in [7, 11) is 4.26. The van der Waals surface area contributed by atoms with Crippen LogP contribution in [0.15, 0.2) is 0 Å². The molecular formula is C16H34N4O2. The van der Waals surface area contributed by atoms with Crippen LogP contribution < -0.4 is 11.1 Å². The van der Waals surface area contributed by atoms with Gasteiger partial charge in [-0.2, -0.15) is 0 Å². The molecule has 0 aliphatic carbocycles.